The van der Waals surface area contributed by atoms with Crippen molar-refractivity contribution in [1.82, 2.24) is 0 Å². The number of rotatable bonds is 3. The van der Waals surface area contributed by atoms with Crippen molar-refractivity contribution in [2.24, 2.45) is 0 Å². The molecule has 0 aliphatic rings. The van der Waals surface area contributed by atoms with Crippen LogP contribution in [-0.2, 0) is 0 Å². The predicted molar refractivity (Wildman–Crippen MR) is 64.6 cm³/mol. The van der Waals surface area contributed by atoms with E-state index in [1.807, 2.05) is 25.6 Å². The Morgan fingerprint density at radius 3 is 2.15 bits per heavy atom. The summed E-state index contributed by atoms with van der Waals surface area (Å²) in [4.78, 5) is 0. The van der Waals surface area contributed by atoms with Crippen molar-refractivity contribution in [1.29, 1.82) is 0 Å². The summed E-state index contributed by atoms with van der Waals surface area (Å²) in [5.41, 5.74) is 1.45. The van der Waals surface area contributed by atoms with Gasteiger partial charge in [-0.2, -0.15) is 11.8 Å². The fourth-order valence-corrected chi connectivity index (χ4v) is 1.82. The van der Waals surface area contributed by atoms with Crippen molar-refractivity contribution < 1.29 is 0 Å². The molecular weight excluding hydrogens is 176 g/mol. The Balaban J connectivity index is 0.000000671. The van der Waals surface area contributed by atoms with Gasteiger partial charge in [0.25, 0.3) is 0 Å². The highest BCUT2D eigenvalue weighted by molar-refractivity contribution is 7.98. The average molecular weight is 196 g/mol. The molecular formula is C12H20S. The predicted octanol–water partition coefficient (Wildman–Crippen LogP) is 4.18. The Morgan fingerprint density at radius 1 is 1.15 bits per heavy atom. The van der Waals surface area contributed by atoms with Gasteiger partial charge in [-0.3, -0.25) is 0 Å². The number of thioether (sulfide) groups is 1. The zero-order chi connectivity index (χ0) is 10.1. The Kier molecular flexibility index (Phi) is 7.91. The van der Waals surface area contributed by atoms with Crippen LogP contribution in [0.25, 0.3) is 0 Å². The molecule has 0 heterocycles. The molecule has 1 unspecified atom stereocenters. The highest BCUT2D eigenvalue weighted by Gasteiger charge is 2.01. The van der Waals surface area contributed by atoms with Gasteiger partial charge in [-0.05, 0) is 23.5 Å². The van der Waals surface area contributed by atoms with Crippen molar-refractivity contribution in [3.63, 3.8) is 0 Å². The molecule has 0 saturated heterocycles. The maximum absolute atomic E-state index is 2.27. The Bertz CT molecular complexity index is 194. The third kappa shape index (κ3) is 4.99. The topological polar surface area (TPSA) is 0 Å². The summed E-state index contributed by atoms with van der Waals surface area (Å²) in [5, 5.41) is 0. The molecule has 1 aromatic carbocycles. The van der Waals surface area contributed by atoms with Gasteiger partial charge in [0.05, 0.1) is 0 Å². The van der Waals surface area contributed by atoms with Crippen LogP contribution in [0.5, 0.6) is 0 Å². The zero-order valence-corrected chi connectivity index (χ0v) is 9.90. The van der Waals surface area contributed by atoms with Crippen LogP contribution in [0.4, 0.5) is 0 Å². The lowest BCUT2D eigenvalue weighted by Gasteiger charge is -2.08. The molecule has 0 aromatic heterocycles. The molecule has 0 aliphatic carbocycles. The highest BCUT2D eigenvalue weighted by Crippen LogP contribution is 2.17. The van der Waals surface area contributed by atoms with Crippen molar-refractivity contribution in [3.05, 3.63) is 35.9 Å². The van der Waals surface area contributed by atoms with E-state index < -0.39 is 0 Å². The molecule has 1 atom stereocenters. The molecule has 74 valence electrons. The van der Waals surface area contributed by atoms with Gasteiger partial charge in [-0.15, -0.1) is 0 Å². The molecule has 1 rings (SSSR count). The molecule has 0 aliphatic heterocycles. The molecule has 0 N–H and O–H groups in total. The van der Waals surface area contributed by atoms with Gasteiger partial charge in [-0.25, -0.2) is 0 Å². The van der Waals surface area contributed by atoms with E-state index in [-0.39, 0.29) is 0 Å². The first kappa shape index (κ1) is 12.6. The van der Waals surface area contributed by atoms with E-state index >= 15 is 0 Å². The molecule has 0 radical (unpaired) electrons. The standard InChI is InChI=1S/C10H14S.C2H6/c1-9(8-11-2)10-6-4-3-5-7-10;1-2/h3-7,9H,8H2,1-2H3;1-2H3. The fraction of sp³-hybridized carbons (Fsp3) is 0.500. The number of hydrogen-bond acceptors (Lipinski definition) is 1. The minimum absolute atomic E-state index is 0.686. The third-order valence-corrected chi connectivity index (χ3v) is 2.62. The Morgan fingerprint density at radius 2 is 1.69 bits per heavy atom. The van der Waals surface area contributed by atoms with Crippen LogP contribution >= 0.6 is 11.8 Å². The summed E-state index contributed by atoms with van der Waals surface area (Å²) in [5.74, 6) is 1.90. The monoisotopic (exact) mass is 196 g/mol. The van der Waals surface area contributed by atoms with E-state index in [0.717, 1.165) is 0 Å². The molecule has 0 fully saturated rings. The molecule has 0 amide bonds. The van der Waals surface area contributed by atoms with Gasteiger partial charge < -0.3 is 0 Å². The third-order valence-electron chi connectivity index (χ3n) is 1.79. The number of hydrogen-bond donors (Lipinski definition) is 0. The SMILES string of the molecule is CC.CSCC(C)c1ccccc1. The maximum atomic E-state index is 2.27. The van der Waals surface area contributed by atoms with E-state index in [1.165, 1.54) is 11.3 Å². The second-order valence-corrected chi connectivity index (χ2v) is 3.68. The van der Waals surface area contributed by atoms with Crippen LogP contribution in [0.15, 0.2) is 30.3 Å². The van der Waals surface area contributed by atoms with Crippen molar-refractivity contribution in [2.45, 2.75) is 26.7 Å². The van der Waals surface area contributed by atoms with E-state index in [1.54, 1.807) is 0 Å². The average Bonchev–Trinajstić information content (AvgIpc) is 2.23. The summed E-state index contributed by atoms with van der Waals surface area (Å²) in [7, 11) is 0. The normalized spacial score (nSPS) is 11.4. The summed E-state index contributed by atoms with van der Waals surface area (Å²) >= 11 is 1.90. The van der Waals surface area contributed by atoms with E-state index in [2.05, 4.69) is 43.5 Å². The van der Waals surface area contributed by atoms with E-state index in [9.17, 15) is 0 Å². The van der Waals surface area contributed by atoms with E-state index in [4.69, 9.17) is 0 Å². The first-order valence-electron chi connectivity index (χ1n) is 4.88. The Hall–Kier alpha value is -0.430. The van der Waals surface area contributed by atoms with Crippen LogP contribution < -0.4 is 0 Å². The van der Waals surface area contributed by atoms with Gasteiger partial charge in [0, 0.05) is 0 Å². The lowest BCUT2D eigenvalue weighted by atomic mass is 10.0. The smallest absolute Gasteiger partial charge is 0.000397 e. The number of benzene rings is 1. The summed E-state index contributed by atoms with van der Waals surface area (Å²) < 4.78 is 0. The molecule has 0 bridgehead atoms. The van der Waals surface area contributed by atoms with Crippen LogP contribution in [0.2, 0.25) is 0 Å². The second kappa shape index (κ2) is 8.18. The first-order valence-corrected chi connectivity index (χ1v) is 6.28. The molecule has 1 aromatic rings. The molecule has 1 heteroatoms. The lowest BCUT2D eigenvalue weighted by molar-refractivity contribution is 0.882. The molecule has 13 heavy (non-hydrogen) atoms. The summed E-state index contributed by atoms with van der Waals surface area (Å²) in [6.45, 7) is 6.27. The molecule has 0 spiro atoms. The van der Waals surface area contributed by atoms with Crippen LogP contribution in [0, 0.1) is 0 Å². The maximum Gasteiger partial charge on any atom is -0.000397 e. The highest BCUT2D eigenvalue weighted by atomic mass is 32.2. The van der Waals surface area contributed by atoms with Crippen LogP contribution in [0.1, 0.15) is 32.3 Å². The van der Waals surface area contributed by atoms with Gasteiger partial charge in [0.15, 0.2) is 0 Å². The lowest BCUT2D eigenvalue weighted by Crippen LogP contribution is -1.94. The van der Waals surface area contributed by atoms with E-state index in [0.29, 0.717) is 5.92 Å². The fourth-order valence-electron chi connectivity index (χ4n) is 1.13. The van der Waals surface area contributed by atoms with Gasteiger partial charge in [0.2, 0.25) is 0 Å². The minimum atomic E-state index is 0.686. The molecule has 0 nitrogen and oxygen atoms in total. The zero-order valence-electron chi connectivity index (χ0n) is 9.08. The van der Waals surface area contributed by atoms with Crippen LogP contribution in [0.3, 0.4) is 0 Å². The largest absolute Gasteiger partial charge is 0.165 e. The summed E-state index contributed by atoms with van der Waals surface area (Å²) in [6, 6.07) is 10.7. The van der Waals surface area contributed by atoms with Gasteiger partial charge in [0.1, 0.15) is 0 Å². The van der Waals surface area contributed by atoms with Crippen molar-refractivity contribution in [2.75, 3.05) is 12.0 Å². The van der Waals surface area contributed by atoms with Gasteiger partial charge in [-0.1, -0.05) is 51.1 Å². The summed E-state index contributed by atoms with van der Waals surface area (Å²) in [6.07, 6.45) is 2.15. The van der Waals surface area contributed by atoms with Crippen molar-refractivity contribution in [3.8, 4) is 0 Å². The minimum Gasteiger partial charge on any atom is -0.165 e. The van der Waals surface area contributed by atoms with Crippen LogP contribution in [-0.4, -0.2) is 12.0 Å². The Labute approximate surface area is 86.7 Å². The second-order valence-electron chi connectivity index (χ2n) is 2.77. The molecule has 0 saturated carbocycles. The van der Waals surface area contributed by atoms with Crippen molar-refractivity contribution >= 4 is 11.8 Å². The quantitative estimate of drug-likeness (QED) is 0.699. The first-order chi connectivity index (χ1) is 6.34. The van der Waals surface area contributed by atoms with Gasteiger partial charge >= 0.3 is 0 Å².